The van der Waals surface area contributed by atoms with E-state index < -0.39 is 27.9 Å². The lowest BCUT2D eigenvalue weighted by Crippen LogP contribution is -2.23. The van der Waals surface area contributed by atoms with Gasteiger partial charge in [0.2, 0.25) is 15.8 Å². The van der Waals surface area contributed by atoms with Crippen molar-refractivity contribution in [1.29, 1.82) is 0 Å². The zero-order valence-electron chi connectivity index (χ0n) is 15.7. The fourth-order valence-electron chi connectivity index (χ4n) is 2.33. The lowest BCUT2D eigenvalue weighted by molar-refractivity contribution is -0.140. The minimum atomic E-state index is -3.40. The normalized spacial score (nSPS) is 12.4. The Kier molecular flexibility index (Phi) is 6.94. The van der Waals surface area contributed by atoms with Crippen LogP contribution in [0.3, 0.4) is 0 Å². The number of carbonyl (C=O) groups excluding carboxylic acids is 2. The van der Waals surface area contributed by atoms with Gasteiger partial charge in [-0.3, -0.25) is 9.52 Å². The number of Topliss-reactive ketones (excluding diaryl/α,β-unsaturated/α-hetero) is 1. The van der Waals surface area contributed by atoms with Crippen molar-refractivity contribution < 1.29 is 27.5 Å². The minimum absolute atomic E-state index is 0.302. The number of rotatable bonds is 8. The molecule has 0 aliphatic carbocycles. The third-order valence-electron chi connectivity index (χ3n) is 3.64. The molecule has 0 aromatic heterocycles. The van der Waals surface area contributed by atoms with Gasteiger partial charge in [-0.25, -0.2) is 13.2 Å². The van der Waals surface area contributed by atoms with Crippen LogP contribution in [0.2, 0.25) is 0 Å². The summed E-state index contributed by atoms with van der Waals surface area (Å²) in [7, 11) is -1.85. The van der Waals surface area contributed by atoms with Crippen molar-refractivity contribution >= 4 is 33.5 Å². The minimum Gasteiger partial charge on any atom is -0.497 e. The van der Waals surface area contributed by atoms with E-state index in [2.05, 4.69) is 4.72 Å². The summed E-state index contributed by atoms with van der Waals surface area (Å²) >= 11 is 0. The summed E-state index contributed by atoms with van der Waals surface area (Å²) in [5.74, 6) is -0.388. The predicted molar refractivity (Wildman–Crippen MR) is 107 cm³/mol. The summed E-state index contributed by atoms with van der Waals surface area (Å²) in [5.41, 5.74) is 1.39. The molecule has 2 aromatic rings. The Hall–Kier alpha value is -3.13. The second kappa shape index (κ2) is 9.18. The maximum Gasteiger partial charge on any atom is 0.331 e. The van der Waals surface area contributed by atoms with Crippen molar-refractivity contribution in [3.05, 3.63) is 65.7 Å². The quantitative estimate of drug-likeness (QED) is 0.413. The van der Waals surface area contributed by atoms with Gasteiger partial charge in [0.05, 0.1) is 13.4 Å². The molecule has 2 aromatic carbocycles. The number of ketones is 1. The summed E-state index contributed by atoms with van der Waals surface area (Å²) in [6, 6.07) is 13.0. The van der Waals surface area contributed by atoms with Gasteiger partial charge in [-0.2, -0.15) is 0 Å². The molecular formula is C20H21NO6S. The van der Waals surface area contributed by atoms with Gasteiger partial charge in [0.1, 0.15) is 5.75 Å². The number of carbonyl (C=O) groups is 2. The van der Waals surface area contributed by atoms with Crippen LogP contribution in [0.1, 0.15) is 22.8 Å². The van der Waals surface area contributed by atoms with Gasteiger partial charge in [-0.15, -0.1) is 0 Å². The highest BCUT2D eigenvalue weighted by Crippen LogP contribution is 2.15. The third kappa shape index (κ3) is 6.55. The molecule has 2 rings (SSSR count). The molecule has 0 saturated carbocycles. The summed E-state index contributed by atoms with van der Waals surface area (Å²) in [5, 5.41) is 0. The fraction of sp³-hybridized carbons (Fsp3) is 0.200. The molecule has 0 spiro atoms. The zero-order valence-corrected chi connectivity index (χ0v) is 16.5. The predicted octanol–water partition coefficient (Wildman–Crippen LogP) is 2.89. The number of hydrogen-bond donors (Lipinski definition) is 1. The van der Waals surface area contributed by atoms with Crippen LogP contribution in [-0.4, -0.2) is 39.6 Å². The molecule has 0 aliphatic heterocycles. The zero-order chi connectivity index (χ0) is 20.7. The number of nitrogens with one attached hydrogen (secondary N) is 1. The van der Waals surface area contributed by atoms with Gasteiger partial charge in [0, 0.05) is 17.3 Å². The second-order valence-corrected chi connectivity index (χ2v) is 7.75. The third-order valence-corrected chi connectivity index (χ3v) is 4.25. The van der Waals surface area contributed by atoms with Crippen molar-refractivity contribution in [3.8, 4) is 5.75 Å². The maximum absolute atomic E-state index is 12.4. The summed E-state index contributed by atoms with van der Waals surface area (Å²) in [6.07, 6.45) is 2.84. The Balaban J connectivity index is 1.97. The average molecular weight is 403 g/mol. The van der Waals surface area contributed by atoms with Crippen molar-refractivity contribution in [2.75, 3.05) is 18.1 Å². The number of esters is 1. The Morgan fingerprint density at radius 1 is 1.11 bits per heavy atom. The molecule has 1 atom stereocenters. The van der Waals surface area contributed by atoms with Crippen LogP contribution in [0.15, 0.2) is 54.6 Å². The summed E-state index contributed by atoms with van der Waals surface area (Å²) in [6.45, 7) is 1.47. The Labute approximate surface area is 164 Å². The van der Waals surface area contributed by atoms with Crippen molar-refractivity contribution in [1.82, 2.24) is 0 Å². The van der Waals surface area contributed by atoms with Gasteiger partial charge >= 0.3 is 5.97 Å². The van der Waals surface area contributed by atoms with E-state index in [9.17, 15) is 18.0 Å². The lowest BCUT2D eigenvalue weighted by Gasteiger charge is -2.11. The summed E-state index contributed by atoms with van der Waals surface area (Å²) in [4.78, 5) is 24.3. The Bertz CT molecular complexity index is 980. The molecule has 148 valence electrons. The van der Waals surface area contributed by atoms with Crippen LogP contribution >= 0.6 is 0 Å². The highest BCUT2D eigenvalue weighted by Gasteiger charge is 2.18. The van der Waals surface area contributed by atoms with Crippen molar-refractivity contribution in [3.63, 3.8) is 0 Å². The maximum atomic E-state index is 12.4. The van der Waals surface area contributed by atoms with Crippen LogP contribution in [0, 0.1) is 0 Å². The first-order valence-electron chi connectivity index (χ1n) is 8.33. The molecule has 8 heteroatoms. The van der Waals surface area contributed by atoms with E-state index in [1.165, 1.54) is 37.3 Å². The molecule has 1 N–H and O–H groups in total. The van der Waals surface area contributed by atoms with E-state index in [1.807, 2.05) is 0 Å². The number of sulfonamides is 1. The highest BCUT2D eigenvalue weighted by molar-refractivity contribution is 7.92. The van der Waals surface area contributed by atoms with E-state index in [4.69, 9.17) is 9.47 Å². The molecule has 0 unspecified atom stereocenters. The van der Waals surface area contributed by atoms with E-state index in [0.29, 0.717) is 17.0 Å². The van der Waals surface area contributed by atoms with Gasteiger partial charge in [-0.05, 0) is 55.0 Å². The van der Waals surface area contributed by atoms with Gasteiger partial charge in [0.15, 0.2) is 6.10 Å². The van der Waals surface area contributed by atoms with Gasteiger partial charge in [0.25, 0.3) is 0 Å². The largest absolute Gasteiger partial charge is 0.497 e. The standard InChI is InChI=1S/C20H21NO6S/c1-14(20(23)16-8-10-17(11-9-16)21-28(3,24)25)27-19(22)12-7-15-5-4-6-18(13-15)26-2/h4-14,21H,1-3H3/b12-7+/t14-/m0/s1. The first-order chi connectivity index (χ1) is 13.2. The number of methoxy groups -OCH3 is 1. The first kappa shape index (κ1) is 21.2. The molecule has 0 aliphatic rings. The highest BCUT2D eigenvalue weighted by atomic mass is 32.2. The molecule has 0 heterocycles. The molecule has 0 radical (unpaired) electrons. The lowest BCUT2D eigenvalue weighted by atomic mass is 10.1. The smallest absolute Gasteiger partial charge is 0.331 e. The molecule has 0 amide bonds. The molecule has 28 heavy (non-hydrogen) atoms. The second-order valence-electron chi connectivity index (χ2n) is 6.00. The molecule has 0 bridgehead atoms. The van der Waals surface area contributed by atoms with Crippen LogP contribution in [0.5, 0.6) is 5.75 Å². The number of hydrogen-bond acceptors (Lipinski definition) is 6. The fourth-order valence-corrected chi connectivity index (χ4v) is 2.89. The van der Waals surface area contributed by atoms with Crippen LogP contribution < -0.4 is 9.46 Å². The van der Waals surface area contributed by atoms with E-state index in [-0.39, 0.29) is 0 Å². The van der Waals surface area contributed by atoms with Gasteiger partial charge in [-0.1, -0.05) is 12.1 Å². The molecule has 0 saturated heterocycles. The molecular weight excluding hydrogens is 382 g/mol. The average Bonchev–Trinajstić information content (AvgIpc) is 2.65. The van der Waals surface area contributed by atoms with Crippen molar-refractivity contribution in [2.24, 2.45) is 0 Å². The number of anilines is 1. The van der Waals surface area contributed by atoms with Crippen molar-refractivity contribution in [2.45, 2.75) is 13.0 Å². The van der Waals surface area contributed by atoms with E-state index >= 15 is 0 Å². The molecule has 7 nitrogen and oxygen atoms in total. The Morgan fingerprint density at radius 3 is 2.39 bits per heavy atom. The van der Waals surface area contributed by atoms with Crippen LogP contribution in [0.4, 0.5) is 5.69 Å². The Morgan fingerprint density at radius 2 is 1.79 bits per heavy atom. The van der Waals surface area contributed by atoms with Crippen LogP contribution in [-0.2, 0) is 19.6 Å². The topological polar surface area (TPSA) is 98.8 Å². The first-order valence-corrected chi connectivity index (χ1v) is 10.2. The monoisotopic (exact) mass is 403 g/mol. The van der Waals surface area contributed by atoms with Gasteiger partial charge < -0.3 is 9.47 Å². The van der Waals surface area contributed by atoms with E-state index in [0.717, 1.165) is 11.8 Å². The van der Waals surface area contributed by atoms with Crippen LogP contribution in [0.25, 0.3) is 6.08 Å². The summed E-state index contributed by atoms with van der Waals surface area (Å²) < 4.78 is 35.0. The molecule has 0 fully saturated rings. The SMILES string of the molecule is COc1cccc(/C=C/C(=O)O[C@@H](C)C(=O)c2ccc(NS(C)(=O)=O)cc2)c1. The number of ether oxygens (including phenoxy) is 2. The number of benzene rings is 2. The van der Waals surface area contributed by atoms with E-state index in [1.54, 1.807) is 37.5 Å².